The van der Waals surface area contributed by atoms with Crippen molar-refractivity contribution in [3.05, 3.63) is 117 Å². The number of rotatable bonds is 17. The highest BCUT2D eigenvalue weighted by molar-refractivity contribution is 6.07. The maximum absolute atomic E-state index is 14.1. The Bertz CT molecular complexity index is 2510. The molecule has 1 heterocycles. The van der Waals surface area contributed by atoms with Crippen molar-refractivity contribution in [3.8, 4) is 46.0 Å². The maximum Gasteiger partial charge on any atom is 0.374 e. The molecule has 0 saturated heterocycles. The van der Waals surface area contributed by atoms with Gasteiger partial charge in [-0.1, -0.05) is 60.7 Å². The largest absolute Gasteiger partial charge is 0.504 e. The normalized spacial score (nSPS) is 11.5. The molecule has 0 bridgehead atoms. The van der Waals surface area contributed by atoms with Crippen LogP contribution in [0.4, 0.5) is 0 Å². The summed E-state index contributed by atoms with van der Waals surface area (Å²) < 4.78 is 51.1. The molecule has 0 amide bonds. The van der Waals surface area contributed by atoms with Gasteiger partial charge in [-0.2, -0.15) is 0 Å². The molecule has 0 aliphatic heterocycles. The van der Waals surface area contributed by atoms with E-state index in [1.807, 2.05) is 60.7 Å². The molecule has 0 fully saturated rings. The molecule has 0 radical (unpaired) electrons. The van der Waals surface area contributed by atoms with E-state index >= 15 is 0 Å². The lowest BCUT2D eigenvalue weighted by Gasteiger charge is -2.23. The highest BCUT2D eigenvalue weighted by Crippen LogP contribution is 2.55. The number of methoxy groups -OCH3 is 6. The molecule has 6 rings (SSSR count). The third-order valence-electron chi connectivity index (χ3n) is 9.47. The fraction of sp³-hybridized carbons (Fsp3) is 0.250. The van der Waals surface area contributed by atoms with Crippen LogP contribution in [0.25, 0.3) is 21.5 Å². The number of benzene rings is 5. The number of Topliss-reactive ketones (excluding diaryl/α,β-unsaturated/α-hetero) is 1. The first-order valence-corrected chi connectivity index (χ1v) is 17.9. The molecule has 1 atom stereocenters. The van der Waals surface area contributed by atoms with Crippen LogP contribution in [0.3, 0.4) is 0 Å². The number of aliphatic hydroxyl groups excluding tert-OH is 1. The summed E-state index contributed by atoms with van der Waals surface area (Å²) in [6.07, 6.45) is -2.51. The van der Waals surface area contributed by atoms with Crippen LogP contribution >= 0.6 is 0 Å². The van der Waals surface area contributed by atoms with Gasteiger partial charge >= 0.3 is 11.6 Å². The van der Waals surface area contributed by atoms with Crippen molar-refractivity contribution in [1.29, 1.82) is 0 Å². The summed E-state index contributed by atoms with van der Waals surface area (Å²) in [6, 6.07) is 22.6. The first-order valence-electron chi connectivity index (χ1n) is 17.9. The van der Waals surface area contributed by atoms with E-state index in [-0.39, 0.29) is 80.8 Å². The molecular weight excluding hydrogens is 752 g/mol. The number of aliphatic hydroxyl groups is 1. The van der Waals surface area contributed by atoms with Crippen LogP contribution in [0, 0.1) is 0 Å². The number of ether oxygens (including phenoxy) is 8. The summed E-state index contributed by atoms with van der Waals surface area (Å²) in [5.74, 6) is -1.44. The van der Waals surface area contributed by atoms with Crippen molar-refractivity contribution in [2.45, 2.75) is 32.2 Å². The van der Waals surface area contributed by atoms with Crippen molar-refractivity contribution in [3.63, 3.8) is 0 Å². The Hall–Kier alpha value is -6.93. The minimum absolute atomic E-state index is 0.00861. The SMILES string of the molecule is COC(=O)c1cc2cc(C(O)CC(=O)Cc3c(O)c(OC)c4c(OC)c(OC)cc(OC)c4c3OC)c(OCc3ccccc3)c(OCc3ccccc3)c2c(=O)o1. The molecule has 58 heavy (non-hydrogen) atoms. The number of carbonyl (C=O) groups excluding carboxylic acids is 2. The lowest BCUT2D eigenvalue weighted by atomic mass is 9.94. The van der Waals surface area contributed by atoms with Crippen LogP contribution < -0.4 is 38.8 Å². The van der Waals surface area contributed by atoms with Crippen LogP contribution in [0.2, 0.25) is 0 Å². The zero-order valence-electron chi connectivity index (χ0n) is 32.7. The van der Waals surface area contributed by atoms with Crippen LogP contribution in [0.1, 0.15) is 45.3 Å². The topological polar surface area (TPSA) is 179 Å². The Kier molecular flexibility index (Phi) is 12.6. The highest BCUT2D eigenvalue weighted by Gasteiger charge is 2.31. The third kappa shape index (κ3) is 8.00. The van der Waals surface area contributed by atoms with E-state index in [1.54, 1.807) is 6.07 Å². The van der Waals surface area contributed by atoms with Crippen LogP contribution in [-0.4, -0.2) is 64.6 Å². The van der Waals surface area contributed by atoms with Gasteiger partial charge in [0.25, 0.3) is 0 Å². The van der Waals surface area contributed by atoms with E-state index in [1.165, 1.54) is 47.7 Å². The summed E-state index contributed by atoms with van der Waals surface area (Å²) in [7, 11) is 8.19. The Morgan fingerprint density at radius 2 is 1.24 bits per heavy atom. The van der Waals surface area contributed by atoms with Gasteiger partial charge in [-0.05, 0) is 28.6 Å². The van der Waals surface area contributed by atoms with Gasteiger partial charge in [0.2, 0.25) is 5.76 Å². The number of hydrogen-bond donors (Lipinski definition) is 2. The van der Waals surface area contributed by atoms with Gasteiger partial charge in [0.15, 0.2) is 34.5 Å². The zero-order chi connectivity index (χ0) is 41.5. The smallest absolute Gasteiger partial charge is 0.374 e. The van der Waals surface area contributed by atoms with Crippen LogP contribution in [0.5, 0.6) is 46.0 Å². The first-order chi connectivity index (χ1) is 28.1. The molecule has 1 unspecified atom stereocenters. The fourth-order valence-electron chi connectivity index (χ4n) is 6.79. The monoisotopic (exact) mass is 794 g/mol. The van der Waals surface area contributed by atoms with Crippen LogP contribution in [0.15, 0.2) is 88.1 Å². The number of fused-ring (bicyclic) bond motifs is 2. The molecule has 1 aromatic heterocycles. The van der Waals surface area contributed by atoms with E-state index in [0.717, 1.165) is 18.2 Å². The first kappa shape index (κ1) is 40.7. The van der Waals surface area contributed by atoms with Crippen molar-refractivity contribution in [2.75, 3.05) is 42.7 Å². The number of hydrogen-bond acceptors (Lipinski definition) is 14. The molecule has 14 nitrogen and oxygen atoms in total. The second kappa shape index (κ2) is 17.9. The van der Waals surface area contributed by atoms with Crippen molar-refractivity contribution in [2.24, 2.45) is 0 Å². The maximum atomic E-state index is 14.1. The standard InChI is InChI=1S/C44H42O14/c1-50-31-21-32(51-2)40(53-4)36-35(31)38(52-3)29(37(47)41(36)54-5)19-27(45)20-30(46)28-17-26-18-33(43(48)55-6)58-44(49)34(26)42(57-23-25-15-11-8-12-16-25)39(28)56-22-24-13-9-7-10-14-24/h7-18,21,30,46-47H,19-20,22-23H2,1-6H3. The number of phenolic OH excluding ortho intramolecular Hbond substituents is 1. The summed E-state index contributed by atoms with van der Waals surface area (Å²) in [5, 5.41) is 24.3. The summed E-state index contributed by atoms with van der Waals surface area (Å²) >= 11 is 0. The molecule has 0 saturated carbocycles. The van der Waals surface area contributed by atoms with Crippen molar-refractivity contribution >= 4 is 33.3 Å². The van der Waals surface area contributed by atoms with Gasteiger partial charge in [0.1, 0.15) is 35.9 Å². The number of ketones is 1. The third-order valence-corrected chi connectivity index (χ3v) is 9.47. The molecule has 0 aliphatic rings. The van der Waals surface area contributed by atoms with Crippen LogP contribution in [-0.2, 0) is 29.2 Å². The molecule has 14 heteroatoms. The van der Waals surface area contributed by atoms with E-state index in [4.69, 9.17) is 42.3 Å². The Morgan fingerprint density at radius 1 is 0.655 bits per heavy atom. The zero-order valence-corrected chi connectivity index (χ0v) is 32.7. The minimum Gasteiger partial charge on any atom is -0.504 e. The Labute approximate surface area is 332 Å². The molecule has 302 valence electrons. The second-order valence-corrected chi connectivity index (χ2v) is 12.9. The number of esters is 1. The number of aromatic hydroxyl groups is 1. The summed E-state index contributed by atoms with van der Waals surface area (Å²) in [4.78, 5) is 40.2. The highest BCUT2D eigenvalue weighted by atomic mass is 16.5. The van der Waals surface area contributed by atoms with E-state index in [0.29, 0.717) is 11.1 Å². The average molecular weight is 795 g/mol. The lowest BCUT2D eigenvalue weighted by molar-refractivity contribution is -0.120. The van der Waals surface area contributed by atoms with Gasteiger partial charge in [0.05, 0.1) is 59.5 Å². The lowest BCUT2D eigenvalue weighted by Crippen LogP contribution is -2.15. The molecule has 6 aromatic rings. The molecular formula is C44H42O14. The Morgan fingerprint density at radius 3 is 1.79 bits per heavy atom. The number of phenols is 1. The van der Waals surface area contributed by atoms with E-state index < -0.39 is 42.1 Å². The van der Waals surface area contributed by atoms with E-state index in [9.17, 15) is 24.6 Å². The quantitative estimate of drug-likeness (QED) is 0.0914. The molecule has 2 N–H and O–H groups in total. The second-order valence-electron chi connectivity index (χ2n) is 12.9. The van der Waals surface area contributed by atoms with Gasteiger partial charge in [-0.3, -0.25) is 4.79 Å². The van der Waals surface area contributed by atoms with Gasteiger partial charge in [-0.25, -0.2) is 9.59 Å². The Balaban J connectivity index is 1.47. The summed E-state index contributed by atoms with van der Waals surface area (Å²) in [6.45, 7) is -0.0252. The van der Waals surface area contributed by atoms with Gasteiger partial charge < -0.3 is 52.5 Å². The summed E-state index contributed by atoms with van der Waals surface area (Å²) in [5.41, 5.74) is 0.736. The molecule has 0 aliphatic carbocycles. The minimum atomic E-state index is -1.56. The van der Waals surface area contributed by atoms with Gasteiger partial charge in [0, 0.05) is 30.0 Å². The fourth-order valence-corrected chi connectivity index (χ4v) is 6.79. The number of carbonyl (C=O) groups is 2. The average Bonchev–Trinajstić information content (AvgIpc) is 3.24. The van der Waals surface area contributed by atoms with Crippen molar-refractivity contribution in [1.82, 2.24) is 0 Å². The van der Waals surface area contributed by atoms with Gasteiger partial charge in [-0.15, -0.1) is 0 Å². The molecule has 0 spiro atoms. The van der Waals surface area contributed by atoms with Crippen molar-refractivity contribution < 1.29 is 62.1 Å². The predicted molar refractivity (Wildman–Crippen MR) is 212 cm³/mol. The predicted octanol–water partition coefficient (Wildman–Crippen LogP) is 6.87. The molecule has 5 aromatic carbocycles. The van der Waals surface area contributed by atoms with E-state index in [2.05, 4.69) is 0 Å².